The second-order valence-corrected chi connectivity index (χ2v) is 7.83. The third-order valence-electron chi connectivity index (χ3n) is 5.08. The van der Waals surface area contributed by atoms with Gasteiger partial charge in [0.15, 0.2) is 0 Å². The van der Waals surface area contributed by atoms with Crippen LogP contribution in [0.2, 0.25) is 0 Å². The lowest BCUT2D eigenvalue weighted by atomic mass is 10.0. The van der Waals surface area contributed by atoms with Crippen molar-refractivity contribution in [3.63, 3.8) is 0 Å². The Balaban J connectivity index is 1.84. The molecule has 0 aliphatic carbocycles. The summed E-state index contributed by atoms with van der Waals surface area (Å²) in [6.07, 6.45) is 3.17. The van der Waals surface area contributed by atoms with E-state index < -0.39 is 5.60 Å². The summed E-state index contributed by atoms with van der Waals surface area (Å²) in [6, 6.07) is 5.40. The van der Waals surface area contributed by atoms with Crippen LogP contribution in [0.15, 0.2) is 35.5 Å². The Morgan fingerprint density at radius 2 is 2.00 bits per heavy atom. The van der Waals surface area contributed by atoms with Crippen molar-refractivity contribution in [3.8, 4) is 11.3 Å². The molecule has 0 radical (unpaired) electrons. The van der Waals surface area contributed by atoms with Gasteiger partial charge in [-0.3, -0.25) is 9.78 Å². The normalized spacial score (nSPS) is 15.1. The van der Waals surface area contributed by atoms with Gasteiger partial charge in [-0.05, 0) is 32.0 Å². The number of fused-ring (bicyclic) bond motifs is 1. The third kappa shape index (κ3) is 3.14. The predicted molar refractivity (Wildman–Crippen MR) is 106 cm³/mol. The summed E-state index contributed by atoms with van der Waals surface area (Å²) in [5, 5.41) is 19.9. The van der Waals surface area contributed by atoms with Gasteiger partial charge in [-0.25, -0.2) is 9.97 Å². The van der Waals surface area contributed by atoms with E-state index in [1.54, 1.807) is 39.2 Å². The van der Waals surface area contributed by atoms with E-state index in [9.17, 15) is 15.0 Å². The van der Waals surface area contributed by atoms with Crippen molar-refractivity contribution >= 4 is 16.7 Å². The first-order chi connectivity index (χ1) is 13.3. The zero-order valence-corrected chi connectivity index (χ0v) is 16.1. The van der Waals surface area contributed by atoms with Crippen molar-refractivity contribution in [2.75, 3.05) is 24.6 Å². The zero-order chi connectivity index (χ0) is 20.1. The van der Waals surface area contributed by atoms with E-state index in [4.69, 9.17) is 4.98 Å². The topological polar surface area (TPSA) is 104 Å². The Morgan fingerprint density at radius 1 is 1.25 bits per heavy atom. The molecule has 146 valence electrons. The number of hydrogen-bond acceptors (Lipinski definition) is 7. The van der Waals surface area contributed by atoms with E-state index in [1.165, 1.54) is 10.9 Å². The molecule has 28 heavy (non-hydrogen) atoms. The fourth-order valence-electron chi connectivity index (χ4n) is 3.35. The van der Waals surface area contributed by atoms with E-state index in [2.05, 4.69) is 9.97 Å². The van der Waals surface area contributed by atoms with Gasteiger partial charge < -0.3 is 19.7 Å². The van der Waals surface area contributed by atoms with Crippen molar-refractivity contribution in [3.05, 3.63) is 46.8 Å². The van der Waals surface area contributed by atoms with Gasteiger partial charge in [0.25, 0.3) is 5.56 Å². The van der Waals surface area contributed by atoms with Crippen LogP contribution in [0.25, 0.3) is 22.2 Å². The van der Waals surface area contributed by atoms with Gasteiger partial charge >= 0.3 is 0 Å². The van der Waals surface area contributed by atoms with E-state index in [0.717, 1.165) is 5.56 Å². The molecule has 3 aromatic heterocycles. The van der Waals surface area contributed by atoms with Crippen LogP contribution in [0.3, 0.4) is 0 Å². The van der Waals surface area contributed by atoms with Gasteiger partial charge in [0.1, 0.15) is 16.8 Å². The number of aromatic nitrogens is 4. The van der Waals surface area contributed by atoms with Crippen molar-refractivity contribution in [1.82, 2.24) is 19.5 Å². The molecule has 8 heteroatoms. The average molecular weight is 381 g/mol. The number of pyridine rings is 2. The molecule has 1 aliphatic rings. The third-order valence-corrected chi connectivity index (χ3v) is 5.08. The number of rotatable bonds is 4. The smallest absolute Gasteiger partial charge is 0.264 e. The Hall–Kier alpha value is -2.84. The Bertz CT molecular complexity index is 1080. The Labute approximate surface area is 162 Å². The summed E-state index contributed by atoms with van der Waals surface area (Å²) in [6.45, 7) is 4.78. The molecule has 0 amide bonds. The molecule has 4 rings (SSSR count). The van der Waals surface area contributed by atoms with Gasteiger partial charge in [0, 0.05) is 44.4 Å². The molecule has 0 saturated carbocycles. The number of nitrogens with zero attached hydrogens (tertiary/aromatic N) is 5. The maximum absolute atomic E-state index is 12.7. The highest BCUT2D eigenvalue weighted by Gasteiger charge is 2.30. The molecule has 1 fully saturated rings. The van der Waals surface area contributed by atoms with Gasteiger partial charge in [0.2, 0.25) is 0 Å². The molecule has 4 heterocycles. The molecule has 2 N–H and O–H groups in total. The summed E-state index contributed by atoms with van der Waals surface area (Å²) in [7, 11) is 1.67. The van der Waals surface area contributed by atoms with E-state index in [-0.39, 0.29) is 18.1 Å². The van der Waals surface area contributed by atoms with Gasteiger partial charge in [-0.15, -0.1) is 0 Å². The second kappa shape index (κ2) is 6.65. The Morgan fingerprint density at radius 3 is 2.61 bits per heavy atom. The number of aliphatic hydroxyl groups is 2. The molecule has 0 unspecified atom stereocenters. The molecular weight excluding hydrogens is 358 g/mol. The minimum absolute atomic E-state index is 0.118. The van der Waals surface area contributed by atoms with Crippen LogP contribution >= 0.6 is 0 Å². The first-order valence-electron chi connectivity index (χ1n) is 9.19. The lowest BCUT2D eigenvalue weighted by Gasteiger charge is -2.39. The maximum Gasteiger partial charge on any atom is 0.264 e. The number of anilines is 1. The molecule has 3 aromatic rings. The number of aliphatic hydroxyl groups excluding tert-OH is 1. The van der Waals surface area contributed by atoms with Crippen LogP contribution in [0.1, 0.15) is 19.5 Å². The molecule has 0 spiro atoms. The van der Waals surface area contributed by atoms with E-state index >= 15 is 0 Å². The Kier molecular flexibility index (Phi) is 4.40. The zero-order valence-electron chi connectivity index (χ0n) is 16.1. The van der Waals surface area contributed by atoms with Crippen LogP contribution in [0, 0.1) is 5.92 Å². The predicted octanol–water partition coefficient (Wildman–Crippen LogP) is 1.05. The first-order valence-corrected chi connectivity index (χ1v) is 9.19. The van der Waals surface area contributed by atoms with Crippen molar-refractivity contribution in [1.29, 1.82) is 0 Å². The van der Waals surface area contributed by atoms with Crippen molar-refractivity contribution in [2.24, 2.45) is 13.0 Å². The standard InChI is InChI=1S/C20H23N5O3/c1-20(2,28)16-5-4-13(7-21-16)14-6-15-17(19(27)24(3)11-22-15)18(23-14)25-8-12(9-25)10-26/h4-7,11-12,26,28H,8-10H2,1-3H3. The lowest BCUT2D eigenvalue weighted by Crippen LogP contribution is -2.49. The molecule has 0 aromatic carbocycles. The van der Waals surface area contributed by atoms with Gasteiger partial charge in [-0.1, -0.05) is 0 Å². The highest BCUT2D eigenvalue weighted by Crippen LogP contribution is 2.31. The van der Waals surface area contributed by atoms with Crippen LogP contribution in [-0.2, 0) is 12.6 Å². The summed E-state index contributed by atoms with van der Waals surface area (Å²) >= 11 is 0. The molecule has 1 aliphatic heterocycles. The highest BCUT2D eigenvalue weighted by molar-refractivity contribution is 5.92. The molecule has 0 atom stereocenters. The van der Waals surface area contributed by atoms with Crippen LogP contribution in [0.4, 0.5) is 5.82 Å². The van der Waals surface area contributed by atoms with Gasteiger partial charge in [0.05, 0.1) is 23.2 Å². The molecule has 8 nitrogen and oxygen atoms in total. The quantitative estimate of drug-likeness (QED) is 0.696. The number of aryl methyl sites for hydroxylation is 1. The minimum Gasteiger partial charge on any atom is -0.396 e. The SMILES string of the molecule is Cn1cnc2cc(-c3ccc(C(C)(C)O)nc3)nc(N3CC(CO)C3)c2c1=O. The average Bonchev–Trinajstić information content (AvgIpc) is 2.63. The maximum atomic E-state index is 12.7. The second-order valence-electron chi connectivity index (χ2n) is 7.83. The summed E-state index contributed by atoms with van der Waals surface area (Å²) in [5.41, 5.74) is 1.40. The van der Waals surface area contributed by atoms with Crippen LogP contribution < -0.4 is 10.5 Å². The summed E-state index contributed by atoms with van der Waals surface area (Å²) in [5.74, 6) is 0.770. The number of hydrogen-bond donors (Lipinski definition) is 2. The monoisotopic (exact) mass is 381 g/mol. The molecule has 0 bridgehead atoms. The van der Waals surface area contributed by atoms with Crippen LogP contribution in [0.5, 0.6) is 0 Å². The van der Waals surface area contributed by atoms with Crippen molar-refractivity contribution in [2.45, 2.75) is 19.4 Å². The lowest BCUT2D eigenvalue weighted by molar-refractivity contribution is 0.0739. The summed E-state index contributed by atoms with van der Waals surface area (Å²) < 4.78 is 1.44. The fourth-order valence-corrected chi connectivity index (χ4v) is 3.35. The van der Waals surface area contributed by atoms with E-state index in [0.29, 0.717) is 41.2 Å². The fraction of sp³-hybridized carbons (Fsp3) is 0.400. The molecule has 1 saturated heterocycles. The molecular formula is C20H23N5O3. The van der Waals surface area contributed by atoms with E-state index in [1.807, 2.05) is 11.0 Å². The highest BCUT2D eigenvalue weighted by atomic mass is 16.3. The minimum atomic E-state index is -1.02. The van der Waals surface area contributed by atoms with Gasteiger partial charge in [-0.2, -0.15) is 0 Å². The van der Waals surface area contributed by atoms with Crippen LogP contribution in [-0.4, -0.2) is 49.4 Å². The largest absolute Gasteiger partial charge is 0.396 e. The van der Waals surface area contributed by atoms with Crippen molar-refractivity contribution < 1.29 is 10.2 Å². The summed E-state index contributed by atoms with van der Waals surface area (Å²) in [4.78, 5) is 28.2. The first kappa shape index (κ1) is 18.5.